The van der Waals surface area contributed by atoms with E-state index in [0.717, 1.165) is 0 Å². The standard InChI is InChI=1S/C24H18N2O2/c27-23(17-9-3-1-4-10-17)15-21-22(16-24(28)18-11-5-2-6-12-18)26-20-14-8-7-13-19(20)25-21/h1-16,27-28H/b23-15-,24-16+. The lowest BCUT2D eigenvalue weighted by atomic mass is 10.1. The first-order chi connectivity index (χ1) is 13.7. The summed E-state index contributed by atoms with van der Waals surface area (Å²) in [5.74, 6) is 0.165. The first kappa shape index (κ1) is 17.5. The summed E-state index contributed by atoms with van der Waals surface area (Å²) in [6, 6.07) is 26.0. The fourth-order valence-corrected chi connectivity index (χ4v) is 2.88. The molecule has 0 amide bonds. The molecule has 136 valence electrons. The molecule has 4 nitrogen and oxygen atoms in total. The first-order valence-corrected chi connectivity index (χ1v) is 8.90. The third kappa shape index (κ3) is 3.76. The van der Waals surface area contributed by atoms with Crippen molar-refractivity contribution in [3.8, 4) is 0 Å². The van der Waals surface area contributed by atoms with Crippen molar-refractivity contribution in [3.05, 3.63) is 107 Å². The van der Waals surface area contributed by atoms with Crippen LogP contribution >= 0.6 is 0 Å². The molecule has 0 aliphatic carbocycles. The minimum absolute atomic E-state index is 0.0824. The summed E-state index contributed by atoms with van der Waals surface area (Å²) >= 11 is 0. The Morgan fingerprint density at radius 3 is 1.29 bits per heavy atom. The molecule has 4 aromatic rings. The second-order valence-corrected chi connectivity index (χ2v) is 6.27. The van der Waals surface area contributed by atoms with Gasteiger partial charge in [0.1, 0.15) is 11.5 Å². The number of hydrogen-bond donors (Lipinski definition) is 2. The molecule has 4 heteroatoms. The predicted octanol–water partition coefficient (Wildman–Crippen LogP) is 5.74. The molecule has 0 saturated heterocycles. The van der Waals surface area contributed by atoms with Crippen LogP contribution in [0, 0.1) is 0 Å². The van der Waals surface area contributed by atoms with Gasteiger partial charge in [-0.05, 0) is 12.1 Å². The predicted molar refractivity (Wildman–Crippen MR) is 113 cm³/mol. The monoisotopic (exact) mass is 366 g/mol. The molecule has 0 aliphatic heterocycles. The molecule has 0 fully saturated rings. The number of nitrogens with zero attached hydrogens (tertiary/aromatic N) is 2. The maximum absolute atomic E-state index is 10.5. The zero-order chi connectivity index (χ0) is 19.3. The van der Waals surface area contributed by atoms with E-state index < -0.39 is 0 Å². The van der Waals surface area contributed by atoms with Crippen LogP contribution in [0.15, 0.2) is 84.9 Å². The molecule has 0 aliphatic rings. The molecular weight excluding hydrogens is 348 g/mol. The molecule has 1 aromatic heterocycles. The number of hydrogen-bond acceptors (Lipinski definition) is 4. The lowest BCUT2D eigenvalue weighted by molar-refractivity contribution is 0.514. The Balaban J connectivity index is 1.86. The molecule has 0 saturated carbocycles. The minimum Gasteiger partial charge on any atom is -0.507 e. The van der Waals surface area contributed by atoms with Gasteiger partial charge in [0.2, 0.25) is 0 Å². The smallest absolute Gasteiger partial charge is 0.125 e. The average molecular weight is 366 g/mol. The van der Waals surface area contributed by atoms with Crippen LogP contribution in [-0.4, -0.2) is 20.2 Å². The quantitative estimate of drug-likeness (QED) is 0.452. The van der Waals surface area contributed by atoms with Crippen LogP contribution < -0.4 is 0 Å². The van der Waals surface area contributed by atoms with E-state index in [1.807, 2.05) is 84.9 Å². The molecule has 0 bridgehead atoms. The number of aromatic nitrogens is 2. The van der Waals surface area contributed by atoms with Gasteiger partial charge in [-0.15, -0.1) is 0 Å². The summed E-state index contributed by atoms with van der Waals surface area (Å²) in [5, 5.41) is 21.1. The topological polar surface area (TPSA) is 66.2 Å². The Morgan fingerprint density at radius 1 is 0.536 bits per heavy atom. The molecule has 4 rings (SSSR count). The van der Waals surface area contributed by atoms with E-state index in [9.17, 15) is 10.2 Å². The van der Waals surface area contributed by atoms with Gasteiger partial charge in [0, 0.05) is 23.3 Å². The maximum atomic E-state index is 10.5. The highest BCUT2D eigenvalue weighted by molar-refractivity contribution is 5.86. The lowest BCUT2D eigenvalue weighted by Crippen LogP contribution is -1.96. The number of para-hydroxylation sites is 2. The van der Waals surface area contributed by atoms with Crippen LogP contribution in [0.1, 0.15) is 22.5 Å². The van der Waals surface area contributed by atoms with Crippen molar-refractivity contribution < 1.29 is 10.2 Å². The zero-order valence-corrected chi connectivity index (χ0v) is 15.0. The molecule has 0 radical (unpaired) electrons. The lowest BCUT2D eigenvalue weighted by Gasteiger charge is -2.07. The van der Waals surface area contributed by atoms with Crippen molar-refractivity contribution in [1.82, 2.24) is 9.97 Å². The summed E-state index contributed by atoms with van der Waals surface area (Å²) in [7, 11) is 0. The molecule has 0 unspecified atom stereocenters. The molecule has 28 heavy (non-hydrogen) atoms. The van der Waals surface area contributed by atoms with E-state index in [1.54, 1.807) is 12.2 Å². The van der Waals surface area contributed by atoms with Crippen molar-refractivity contribution in [2.45, 2.75) is 0 Å². The van der Waals surface area contributed by atoms with Crippen molar-refractivity contribution in [3.63, 3.8) is 0 Å². The summed E-state index contributed by atoms with van der Waals surface area (Å²) in [6.07, 6.45) is 3.14. The fourth-order valence-electron chi connectivity index (χ4n) is 2.88. The number of aliphatic hydroxyl groups is 2. The Hall–Kier alpha value is -3.92. The Morgan fingerprint density at radius 2 is 0.893 bits per heavy atom. The third-order valence-electron chi connectivity index (χ3n) is 4.31. The van der Waals surface area contributed by atoms with Crippen LogP contribution in [0.3, 0.4) is 0 Å². The Kier molecular flexibility index (Phi) is 4.85. The highest BCUT2D eigenvalue weighted by atomic mass is 16.3. The molecular formula is C24H18N2O2. The summed E-state index contributed by atoms with van der Waals surface area (Å²) in [4.78, 5) is 9.27. The molecule has 1 heterocycles. The van der Waals surface area contributed by atoms with E-state index >= 15 is 0 Å². The van der Waals surface area contributed by atoms with Gasteiger partial charge in [0.15, 0.2) is 0 Å². The van der Waals surface area contributed by atoms with Crippen LogP contribution in [0.2, 0.25) is 0 Å². The Labute approximate surface area is 162 Å². The van der Waals surface area contributed by atoms with Gasteiger partial charge in [-0.2, -0.15) is 0 Å². The number of rotatable bonds is 4. The number of benzene rings is 3. The van der Waals surface area contributed by atoms with Crippen LogP contribution in [0.4, 0.5) is 0 Å². The van der Waals surface area contributed by atoms with Crippen LogP contribution in [0.25, 0.3) is 34.7 Å². The second-order valence-electron chi connectivity index (χ2n) is 6.27. The summed E-state index contributed by atoms with van der Waals surface area (Å²) < 4.78 is 0. The van der Waals surface area contributed by atoms with E-state index in [4.69, 9.17) is 0 Å². The van der Waals surface area contributed by atoms with Crippen LogP contribution in [-0.2, 0) is 0 Å². The highest BCUT2D eigenvalue weighted by Crippen LogP contribution is 2.22. The van der Waals surface area contributed by atoms with Gasteiger partial charge in [-0.1, -0.05) is 72.8 Å². The highest BCUT2D eigenvalue weighted by Gasteiger charge is 2.09. The minimum atomic E-state index is 0.0824. The van der Waals surface area contributed by atoms with Gasteiger partial charge in [-0.3, -0.25) is 0 Å². The van der Waals surface area contributed by atoms with Gasteiger partial charge in [0.25, 0.3) is 0 Å². The summed E-state index contributed by atoms with van der Waals surface area (Å²) in [5.41, 5.74) is 3.74. The molecule has 0 atom stereocenters. The number of aliphatic hydroxyl groups excluding tert-OH is 2. The molecule has 0 spiro atoms. The van der Waals surface area contributed by atoms with E-state index in [2.05, 4.69) is 9.97 Å². The third-order valence-corrected chi connectivity index (χ3v) is 4.31. The SMILES string of the molecule is O/C(=C\c1nc2ccccc2nc1/C=C(/O)c1ccccc1)c1ccccc1. The molecule has 2 N–H and O–H groups in total. The molecule has 3 aromatic carbocycles. The van der Waals surface area contributed by atoms with Crippen molar-refractivity contribution >= 4 is 34.7 Å². The van der Waals surface area contributed by atoms with E-state index in [1.165, 1.54) is 0 Å². The summed E-state index contributed by atoms with van der Waals surface area (Å²) in [6.45, 7) is 0. The van der Waals surface area contributed by atoms with Gasteiger partial charge in [0.05, 0.1) is 22.4 Å². The second kappa shape index (κ2) is 7.76. The zero-order valence-electron chi connectivity index (χ0n) is 15.0. The van der Waals surface area contributed by atoms with E-state index in [-0.39, 0.29) is 11.5 Å². The average Bonchev–Trinajstić information content (AvgIpc) is 2.75. The van der Waals surface area contributed by atoms with Crippen molar-refractivity contribution in [2.24, 2.45) is 0 Å². The van der Waals surface area contributed by atoms with Crippen molar-refractivity contribution in [2.75, 3.05) is 0 Å². The largest absolute Gasteiger partial charge is 0.507 e. The van der Waals surface area contributed by atoms with Gasteiger partial charge >= 0.3 is 0 Å². The first-order valence-electron chi connectivity index (χ1n) is 8.90. The van der Waals surface area contributed by atoms with Gasteiger partial charge < -0.3 is 10.2 Å². The van der Waals surface area contributed by atoms with E-state index in [0.29, 0.717) is 33.5 Å². The maximum Gasteiger partial charge on any atom is 0.125 e. The van der Waals surface area contributed by atoms with Crippen molar-refractivity contribution in [1.29, 1.82) is 0 Å². The number of fused-ring (bicyclic) bond motifs is 1. The fraction of sp³-hybridized carbons (Fsp3) is 0. The Bertz CT molecular complexity index is 1070. The van der Waals surface area contributed by atoms with Crippen LogP contribution in [0.5, 0.6) is 0 Å². The normalized spacial score (nSPS) is 12.3. The van der Waals surface area contributed by atoms with Gasteiger partial charge in [-0.25, -0.2) is 9.97 Å².